The maximum atomic E-state index is 13.2. The quantitative estimate of drug-likeness (QED) is 0.464. The molecule has 0 fully saturated rings. The largest absolute Gasteiger partial charge is 0.332 e. The average Bonchev–Trinajstić information content (AvgIpc) is 3.13. The van der Waals surface area contributed by atoms with Gasteiger partial charge in [-0.1, -0.05) is 30.3 Å². The predicted octanol–water partition coefficient (Wildman–Crippen LogP) is 4.29. The van der Waals surface area contributed by atoms with Crippen LogP contribution in [0.1, 0.15) is 37.2 Å². The zero-order chi connectivity index (χ0) is 22.8. The van der Waals surface area contributed by atoms with Crippen molar-refractivity contribution in [2.45, 2.75) is 33.4 Å². The number of ketones is 1. The van der Waals surface area contributed by atoms with Gasteiger partial charge in [-0.15, -0.1) is 0 Å². The van der Waals surface area contributed by atoms with Crippen molar-refractivity contribution < 1.29 is 9.59 Å². The molecular formula is C25H24N4O3. The number of hydrogen-bond donors (Lipinski definition) is 1. The summed E-state index contributed by atoms with van der Waals surface area (Å²) in [6, 6.07) is 16.3. The highest BCUT2D eigenvalue weighted by molar-refractivity contribution is 5.97. The van der Waals surface area contributed by atoms with Crippen LogP contribution in [0.4, 0.5) is 5.69 Å². The van der Waals surface area contributed by atoms with Crippen molar-refractivity contribution >= 4 is 28.4 Å². The minimum atomic E-state index is -0.281. The lowest BCUT2D eigenvalue weighted by atomic mass is 10.1. The number of carbonyl (C=O) groups is 2. The van der Waals surface area contributed by atoms with Gasteiger partial charge in [0, 0.05) is 29.1 Å². The van der Waals surface area contributed by atoms with E-state index >= 15 is 0 Å². The minimum Gasteiger partial charge on any atom is -0.332 e. The van der Waals surface area contributed by atoms with E-state index in [1.165, 1.54) is 6.92 Å². The summed E-state index contributed by atoms with van der Waals surface area (Å²) in [4.78, 5) is 42.0. The number of anilines is 1. The lowest BCUT2D eigenvalue weighted by Gasteiger charge is -2.11. The fraction of sp³-hybridized carbons (Fsp3) is 0.200. The van der Waals surface area contributed by atoms with Crippen LogP contribution >= 0.6 is 0 Å². The number of carbonyl (C=O) groups excluding carboxylic acids is 2. The van der Waals surface area contributed by atoms with Crippen LogP contribution in [0.25, 0.3) is 22.2 Å². The van der Waals surface area contributed by atoms with Gasteiger partial charge in [0.1, 0.15) is 17.6 Å². The lowest BCUT2D eigenvalue weighted by molar-refractivity contribution is -0.116. The fourth-order valence-electron chi connectivity index (χ4n) is 3.66. The molecule has 0 unspecified atom stereocenters. The number of benzene rings is 2. The molecule has 1 N–H and O–H groups in total. The third-order valence-corrected chi connectivity index (χ3v) is 5.33. The fourth-order valence-corrected chi connectivity index (χ4v) is 3.66. The Kier molecular flexibility index (Phi) is 5.73. The van der Waals surface area contributed by atoms with Crippen molar-refractivity contribution in [2.24, 2.45) is 0 Å². The van der Waals surface area contributed by atoms with Crippen LogP contribution in [-0.4, -0.2) is 25.8 Å². The number of Topliss-reactive ketones (excluding diaryl/α,β-unsaturated/α-hetero) is 1. The second-order valence-electron chi connectivity index (χ2n) is 7.97. The molecule has 2 heterocycles. The van der Waals surface area contributed by atoms with Crippen LogP contribution in [-0.2, 0) is 11.3 Å². The van der Waals surface area contributed by atoms with Crippen molar-refractivity contribution in [2.75, 3.05) is 5.32 Å². The maximum Gasteiger partial charge on any atom is 0.278 e. The first kappa shape index (κ1) is 21.2. The predicted molar refractivity (Wildman–Crippen MR) is 125 cm³/mol. The first-order valence-corrected chi connectivity index (χ1v) is 10.4. The van der Waals surface area contributed by atoms with Crippen LogP contribution < -0.4 is 10.9 Å². The highest BCUT2D eigenvalue weighted by atomic mass is 16.2. The smallest absolute Gasteiger partial charge is 0.278 e. The van der Waals surface area contributed by atoms with Gasteiger partial charge in [-0.05, 0) is 50.6 Å². The SMILES string of the molecule is CC(=O)c1ccc(NC(=O)Cn2cc(-c3ccccc3)c3ncn(C(C)C)c(=O)c32)cc1. The first-order valence-electron chi connectivity index (χ1n) is 10.4. The van der Waals surface area contributed by atoms with Crippen molar-refractivity contribution in [3.8, 4) is 11.1 Å². The van der Waals surface area contributed by atoms with Crippen LogP contribution in [0.15, 0.2) is 71.9 Å². The molecule has 4 rings (SSSR count). The number of amides is 1. The minimum absolute atomic E-state index is 0.0379. The molecule has 0 bridgehead atoms. The maximum absolute atomic E-state index is 13.2. The Morgan fingerprint density at radius 3 is 2.34 bits per heavy atom. The van der Waals surface area contributed by atoms with Gasteiger partial charge < -0.3 is 9.88 Å². The molecule has 0 aliphatic rings. The second-order valence-corrected chi connectivity index (χ2v) is 7.97. The number of nitrogens with one attached hydrogen (secondary N) is 1. The normalized spacial score (nSPS) is 11.1. The zero-order valence-electron chi connectivity index (χ0n) is 18.2. The van der Waals surface area contributed by atoms with Crippen LogP contribution in [0.3, 0.4) is 0 Å². The third kappa shape index (κ3) is 4.09. The molecule has 162 valence electrons. The lowest BCUT2D eigenvalue weighted by Crippen LogP contribution is -2.26. The van der Waals surface area contributed by atoms with Crippen molar-refractivity contribution in [3.05, 3.63) is 83.0 Å². The van der Waals surface area contributed by atoms with Crippen LogP contribution in [0, 0.1) is 0 Å². The first-order chi connectivity index (χ1) is 15.3. The van der Waals surface area contributed by atoms with Gasteiger partial charge in [-0.3, -0.25) is 19.0 Å². The van der Waals surface area contributed by atoms with Crippen molar-refractivity contribution in [1.29, 1.82) is 0 Å². The summed E-state index contributed by atoms with van der Waals surface area (Å²) in [5.41, 5.74) is 3.65. The topological polar surface area (TPSA) is 86.0 Å². The molecule has 0 aliphatic heterocycles. The molecule has 7 heteroatoms. The van der Waals surface area contributed by atoms with Gasteiger partial charge in [0.2, 0.25) is 5.91 Å². The van der Waals surface area contributed by atoms with Gasteiger partial charge in [-0.2, -0.15) is 0 Å². The van der Waals surface area contributed by atoms with Gasteiger partial charge >= 0.3 is 0 Å². The molecule has 0 aliphatic carbocycles. The van der Waals surface area contributed by atoms with E-state index in [4.69, 9.17) is 0 Å². The van der Waals surface area contributed by atoms with E-state index in [0.717, 1.165) is 11.1 Å². The van der Waals surface area contributed by atoms with Crippen LogP contribution in [0.2, 0.25) is 0 Å². The van der Waals surface area contributed by atoms with E-state index in [-0.39, 0.29) is 29.8 Å². The summed E-state index contributed by atoms with van der Waals surface area (Å²) in [5.74, 6) is -0.319. The Balaban J connectivity index is 1.72. The Hall–Kier alpha value is -4.00. The van der Waals surface area contributed by atoms with E-state index in [0.29, 0.717) is 22.3 Å². The highest BCUT2D eigenvalue weighted by Crippen LogP contribution is 2.28. The monoisotopic (exact) mass is 428 g/mol. The molecule has 2 aromatic heterocycles. The van der Waals surface area contributed by atoms with E-state index in [2.05, 4.69) is 10.3 Å². The number of fused-ring (bicyclic) bond motifs is 1. The molecule has 7 nitrogen and oxygen atoms in total. The van der Waals surface area contributed by atoms with E-state index < -0.39 is 0 Å². The Morgan fingerprint density at radius 2 is 1.72 bits per heavy atom. The van der Waals surface area contributed by atoms with Crippen molar-refractivity contribution in [3.63, 3.8) is 0 Å². The number of nitrogens with zero attached hydrogens (tertiary/aromatic N) is 3. The molecule has 2 aromatic carbocycles. The van der Waals surface area contributed by atoms with Crippen LogP contribution in [0.5, 0.6) is 0 Å². The number of rotatable bonds is 6. The number of aromatic nitrogens is 3. The molecule has 0 saturated carbocycles. The molecule has 4 aromatic rings. The zero-order valence-corrected chi connectivity index (χ0v) is 18.2. The molecule has 32 heavy (non-hydrogen) atoms. The highest BCUT2D eigenvalue weighted by Gasteiger charge is 2.18. The summed E-state index contributed by atoms with van der Waals surface area (Å²) in [7, 11) is 0. The molecule has 0 radical (unpaired) electrons. The summed E-state index contributed by atoms with van der Waals surface area (Å²) in [5, 5.41) is 2.83. The Morgan fingerprint density at radius 1 is 1.03 bits per heavy atom. The Labute approximate surface area is 185 Å². The van der Waals surface area contributed by atoms with E-state index in [9.17, 15) is 14.4 Å². The van der Waals surface area contributed by atoms with E-state index in [1.807, 2.05) is 44.2 Å². The molecule has 0 spiro atoms. The summed E-state index contributed by atoms with van der Waals surface area (Å²) < 4.78 is 3.22. The summed E-state index contributed by atoms with van der Waals surface area (Å²) in [6.07, 6.45) is 3.36. The Bertz CT molecular complexity index is 1350. The second kappa shape index (κ2) is 8.63. The van der Waals surface area contributed by atoms with E-state index in [1.54, 1.807) is 45.9 Å². The molecule has 1 amide bonds. The number of hydrogen-bond acceptors (Lipinski definition) is 4. The summed E-state index contributed by atoms with van der Waals surface area (Å²) >= 11 is 0. The standard InChI is InChI=1S/C25H24N4O3/c1-16(2)29-15-26-23-21(19-7-5-4-6-8-19)13-28(24(23)25(29)32)14-22(31)27-20-11-9-18(10-12-20)17(3)30/h4-13,15-16H,14H2,1-3H3,(H,27,31). The van der Waals surface area contributed by atoms with Gasteiger partial charge in [0.25, 0.3) is 5.56 Å². The van der Waals surface area contributed by atoms with Crippen molar-refractivity contribution in [1.82, 2.24) is 14.1 Å². The molecular weight excluding hydrogens is 404 g/mol. The third-order valence-electron chi connectivity index (χ3n) is 5.33. The van der Waals surface area contributed by atoms with Gasteiger partial charge in [0.05, 0.1) is 6.33 Å². The average molecular weight is 428 g/mol. The summed E-state index contributed by atoms with van der Waals surface area (Å²) in [6.45, 7) is 5.28. The van der Waals surface area contributed by atoms with Gasteiger partial charge in [-0.25, -0.2) is 4.98 Å². The molecule has 0 atom stereocenters. The molecule has 0 saturated heterocycles. The van der Waals surface area contributed by atoms with Gasteiger partial charge in [0.15, 0.2) is 5.78 Å².